The van der Waals surface area contributed by atoms with Crippen LogP contribution >= 0.6 is 0 Å². The fraction of sp³-hybridized carbons (Fsp3) is 0.227. The first-order chi connectivity index (χ1) is 14.4. The van der Waals surface area contributed by atoms with Crippen molar-refractivity contribution < 1.29 is 9.59 Å². The molecule has 150 valence electrons. The van der Waals surface area contributed by atoms with Crippen molar-refractivity contribution in [3.63, 3.8) is 0 Å². The van der Waals surface area contributed by atoms with Gasteiger partial charge in [-0.05, 0) is 67.0 Å². The van der Waals surface area contributed by atoms with E-state index in [9.17, 15) is 14.9 Å². The van der Waals surface area contributed by atoms with Crippen LogP contribution in [0.2, 0.25) is 0 Å². The number of nitriles is 1. The van der Waals surface area contributed by atoms with Crippen LogP contribution < -0.4 is 16.4 Å². The number of pyridine rings is 2. The number of nitrogen functional groups attached to an aromatic ring is 1. The number of benzene rings is 1. The number of nitrogens with two attached hydrogens (primary N) is 1. The van der Waals surface area contributed by atoms with E-state index in [1.165, 1.54) is 0 Å². The molecular weight excluding hydrogens is 380 g/mol. The summed E-state index contributed by atoms with van der Waals surface area (Å²) in [5.41, 5.74) is 8.73. The molecule has 1 saturated carbocycles. The zero-order chi connectivity index (χ0) is 21.3. The second-order valence-electron chi connectivity index (χ2n) is 7.50. The third kappa shape index (κ3) is 3.53. The first-order valence-corrected chi connectivity index (χ1v) is 9.56. The van der Waals surface area contributed by atoms with Gasteiger partial charge in [0.2, 0.25) is 0 Å². The molecule has 8 nitrogen and oxygen atoms in total. The van der Waals surface area contributed by atoms with Gasteiger partial charge in [-0.3, -0.25) is 14.6 Å². The van der Waals surface area contributed by atoms with Gasteiger partial charge in [0.25, 0.3) is 0 Å². The first-order valence-electron chi connectivity index (χ1n) is 9.56. The van der Waals surface area contributed by atoms with E-state index in [2.05, 4.69) is 26.7 Å². The molecule has 3 aromatic rings. The van der Waals surface area contributed by atoms with Crippen molar-refractivity contribution in [1.82, 2.24) is 15.3 Å². The van der Waals surface area contributed by atoms with Crippen molar-refractivity contribution in [2.75, 3.05) is 11.1 Å². The van der Waals surface area contributed by atoms with Crippen LogP contribution in [0.5, 0.6) is 0 Å². The minimum Gasteiger partial charge on any atom is -0.398 e. The van der Waals surface area contributed by atoms with Crippen LogP contribution in [-0.2, 0) is 9.59 Å². The second-order valence-corrected chi connectivity index (χ2v) is 7.50. The number of carbonyl (C=O) groups is 2. The number of hydrogen-bond acceptors (Lipinski definition) is 6. The number of nitrogens with one attached hydrogen (secondary N) is 2. The normalized spacial score (nSPS) is 14.4. The smallest absolute Gasteiger partial charge is 0.314 e. The van der Waals surface area contributed by atoms with Gasteiger partial charge >= 0.3 is 11.8 Å². The Hall–Kier alpha value is -3.99. The second kappa shape index (κ2) is 7.44. The summed E-state index contributed by atoms with van der Waals surface area (Å²) in [6.07, 6.45) is 7.00. The molecule has 4 rings (SSSR count). The summed E-state index contributed by atoms with van der Waals surface area (Å²) < 4.78 is 0. The topological polar surface area (TPSA) is 134 Å². The van der Waals surface area contributed by atoms with Gasteiger partial charge in [-0.2, -0.15) is 5.26 Å². The average molecular weight is 400 g/mol. The molecule has 2 amide bonds. The van der Waals surface area contributed by atoms with E-state index in [0.29, 0.717) is 18.5 Å². The van der Waals surface area contributed by atoms with E-state index in [0.717, 1.165) is 33.9 Å². The Balaban J connectivity index is 1.60. The van der Waals surface area contributed by atoms with Crippen LogP contribution in [0.3, 0.4) is 0 Å². The summed E-state index contributed by atoms with van der Waals surface area (Å²) in [6.45, 7) is 1.99. The van der Waals surface area contributed by atoms with Gasteiger partial charge in [0.05, 0.1) is 6.07 Å². The van der Waals surface area contributed by atoms with Crippen LogP contribution in [0, 0.1) is 18.3 Å². The molecule has 2 heterocycles. The number of rotatable bonds is 3. The maximum atomic E-state index is 12.3. The molecule has 0 atom stereocenters. The lowest BCUT2D eigenvalue weighted by atomic mass is 9.78. The lowest BCUT2D eigenvalue weighted by Gasteiger charge is -2.35. The predicted molar refractivity (Wildman–Crippen MR) is 113 cm³/mol. The van der Waals surface area contributed by atoms with E-state index in [1.807, 2.05) is 25.1 Å². The van der Waals surface area contributed by atoms with E-state index in [4.69, 9.17) is 5.73 Å². The van der Waals surface area contributed by atoms with Crippen molar-refractivity contribution in [3.05, 3.63) is 48.4 Å². The summed E-state index contributed by atoms with van der Waals surface area (Å²) in [4.78, 5) is 32.8. The largest absolute Gasteiger partial charge is 0.398 e. The molecule has 30 heavy (non-hydrogen) atoms. The Kier molecular flexibility index (Phi) is 4.80. The highest BCUT2D eigenvalue weighted by Crippen LogP contribution is 2.32. The van der Waals surface area contributed by atoms with Gasteiger partial charge in [-0.1, -0.05) is 0 Å². The molecule has 0 spiro atoms. The maximum Gasteiger partial charge on any atom is 0.314 e. The molecule has 0 radical (unpaired) electrons. The number of aryl methyl sites for hydroxylation is 1. The molecule has 0 saturated heterocycles. The molecule has 1 aliphatic rings. The van der Waals surface area contributed by atoms with E-state index >= 15 is 0 Å². The maximum absolute atomic E-state index is 12.3. The van der Waals surface area contributed by atoms with Gasteiger partial charge in [-0.25, -0.2) is 4.98 Å². The van der Waals surface area contributed by atoms with E-state index in [1.54, 1.807) is 24.7 Å². The molecule has 0 aliphatic heterocycles. The SMILES string of the molecule is Cc1ccncc1-c1cc(N)c2cnc(NC(=O)C(=O)NC3(C#N)CCC3)cc2c1. The van der Waals surface area contributed by atoms with Crippen molar-refractivity contribution in [2.24, 2.45) is 0 Å². The van der Waals surface area contributed by atoms with Gasteiger partial charge < -0.3 is 16.4 Å². The highest BCUT2D eigenvalue weighted by Gasteiger charge is 2.39. The Labute approximate surface area is 173 Å². The number of hydrogen-bond donors (Lipinski definition) is 3. The van der Waals surface area contributed by atoms with Gasteiger partial charge in [0.1, 0.15) is 11.4 Å². The van der Waals surface area contributed by atoms with Crippen LogP contribution in [0.15, 0.2) is 42.9 Å². The number of fused-ring (bicyclic) bond motifs is 1. The molecule has 2 aromatic heterocycles. The quantitative estimate of drug-likeness (QED) is 0.457. The summed E-state index contributed by atoms with van der Waals surface area (Å²) in [7, 11) is 0. The molecule has 4 N–H and O–H groups in total. The Morgan fingerprint density at radius 1 is 1.20 bits per heavy atom. The highest BCUT2D eigenvalue weighted by atomic mass is 16.2. The van der Waals surface area contributed by atoms with Crippen molar-refractivity contribution >= 4 is 34.1 Å². The fourth-order valence-corrected chi connectivity index (χ4v) is 3.52. The number of amides is 2. The lowest BCUT2D eigenvalue weighted by molar-refractivity contribution is -0.137. The lowest BCUT2D eigenvalue weighted by Crippen LogP contribution is -2.55. The third-order valence-corrected chi connectivity index (χ3v) is 5.44. The molecule has 1 fully saturated rings. The minimum absolute atomic E-state index is 0.224. The van der Waals surface area contributed by atoms with Crippen molar-refractivity contribution in [1.29, 1.82) is 5.26 Å². The first kappa shape index (κ1) is 19.3. The Bertz CT molecular complexity index is 1210. The van der Waals surface area contributed by atoms with Crippen LogP contribution in [0.25, 0.3) is 21.9 Å². The number of aromatic nitrogens is 2. The van der Waals surface area contributed by atoms with Gasteiger partial charge in [0, 0.05) is 35.2 Å². The molecule has 8 heteroatoms. The number of anilines is 2. The van der Waals surface area contributed by atoms with Crippen molar-refractivity contribution in [2.45, 2.75) is 31.7 Å². The monoisotopic (exact) mass is 400 g/mol. The minimum atomic E-state index is -0.934. The Morgan fingerprint density at radius 3 is 2.67 bits per heavy atom. The third-order valence-electron chi connectivity index (χ3n) is 5.44. The fourth-order valence-electron chi connectivity index (χ4n) is 3.52. The number of carbonyl (C=O) groups excluding carboxylic acids is 2. The Morgan fingerprint density at radius 2 is 2.00 bits per heavy atom. The summed E-state index contributed by atoms with van der Waals surface area (Å²) in [6, 6.07) is 9.45. The van der Waals surface area contributed by atoms with Crippen LogP contribution in [-0.4, -0.2) is 27.3 Å². The predicted octanol–water partition coefficient (Wildman–Crippen LogP) is 2.69. The van der Waals surface area contributed by atoms with Crippen LogP contribution in [0.1, 0.15) is 24.8 Å². The van der Waals surface area contributed by atoms with Crippen molar-refractivity contribution in [3.8, 4) is 17.2 Å². The zero-order valence-corrected chi connectivity index (χ0v) is 16.4. The molecule has 1 aromatic carbocycles. The van der Waals surface area contributed by atoms with E-state index < -0.39 is 17.4 Å². The average Bonchev–Trinajstić information content (AvgIpc) is 2.70. The summed E-state index contributed by atoms with van der Waals surface area (Å²) >= 11 is 0. The van der Waals surface area contributed by atoms with Crippen LogP contribution in [0.4, 0.5) is 11.5 Å². The molecule has 0 unspecified atom stereocenters. The molecule has 1 aliphatic carbocycles. The number of nitrogens with zero attached hydrogens (tertiary/aromatic N) is 3. The summed E-state index contributed by atoms with van der Waals surface area (Å²) in [5.74, 6) is -1.49. The van der Waals surface area contributed by atoms with Gasteiger partial charge in [-0.15, -0.1) is 0 Å². The standard InChI is InChI=1S/C22H20N6O2/c1-13-3-6-25-10-16(13)14-7-15-9-19(26-11-17(15)18(24)8-14)27-20(29)21(30)28-22(12-23)4-2-5-22/h3,6-11H,2,4-5,24H2,1H3,(H,28,30)(H,26,27,29). The van der Waals surface area contributed by atoms with E-state index in [-0.39, 0.29) is 5.82 Å². The highest BCUT2D eigenvalue weighted by molar-refractivity contribution is 6.39. The van der Waals surface area contributed by atoms with Gasteiger partial charge in [0.15, 0.2) is 0 Å². The molecule has 0 bridgehead atoms. The zero-order valence-electron chi connectivity index (χ0n) is 16.4. The molecular formula is C22H20N6O2. The summed E-state index contributed by atoms with van der Waals surface area (Å²) in [5, 5.41) is 15.7.